The number of carbonyl (C=O) groups excluding carboxylic acids is 2. The van der Waals surface area contributed by atoms with Crippen LogP contribution >= 0.6 is 0 Å². The van der Waals surface area contributed by atoms with Crippen LogP contribution in [0, 0.1) is 11.8 Å². The molecule has 23 heavy (non-hydrogen) atoms. The van der Waals surface area contributed by atoms with Gasteiger partial charge >= 0.3 is 5.97 Å². The van der Waals surface area contributed by atoms with Gasteiger partial charge in [0.25, 0.3) is 5.91 Å². The molecule has 0 spiro atoms. The van der Waals surface area contributed by atoms with Crippen molar-refractivity contribution in [3.63, 3.8) is 0 Å². The third-order valence-corrected chi connectivity index (χ3v) is 4.41. The van der Waals surface area contributed by atoms with Crippen molar-refractivity contribution in [1.29, 1.82) is 0 Å². The molecule has 6 heteroatoms. The minimum atomic E-state index is -0.847. The van der Waals surface area contributed by atoms with Crippen molar-refractivity contribution in [2.75, 3.05) is 18.4 Å². The number of aliphatic carboxylic acids is 1. The number of hydrogen-bond acceptors (Lipinski definition) is 3. The van der Waals surface area contributed by atoms with Gasteiger partial charge in [0.15, 0.2) is 0 Å². The zero-order chi connectivity index (χ0) is 16.4. The van der Waals surface area contributed by atoms with Gasteiger partial charge in [-0.2, -0.15) is 0 Å². The van der Waals surface area contributed by atoms with E-state index in [0.29, 0.717) is 30.6 Å². The van der Waals surface area contributed by atoms with E-state index in [1.807, 2.05) is 0 Å². The number of carbonyl (C=O) groups is 3. The molecule has 1 aliphatic carbocycles. The minimum Gasteiger partial charge on any atom is -0.481 e. The minimum absolute atomic E-state index is 0.0319. The van der Waals surface area contributed by atoms with E-state index < -0.39 is 11.9 Å². The van der Waals surface area contributed by atoms with Gasteiger partial charge in [0.05, 0.1) is 5.92 Å². The van der Waals surface area contributed by atoms with Gasteiger partial charge in [-0.1, -0.05) is 0 Å². The molecule has 0 bridgehead atoms. The molecule has 1 heterocycles. The number of hydrogen-bond donors (Lipinski definition) is 2. The second kappa shape index (κ2) is 6.40. The zero-order valence-electron chi connectivity index (χ0n) is 12.8. The maximum absolute atomic E-state index is 12.5. The highest BCUT2D eigenvalue weighted by Crippen LogP contribution is 2.30. The zero-order valence-corrected chi connectivity index (χ0v) is 12.8. The Morgan fingerprint density at radius 3 is 2.35 bits per heavy atom. The summed E-state index contributed by atoms with van der Waals surface area (Å²) in [5.74, 6) is -1.32. The number of anilines is 1. The number of benzene rings is 1. The van der Waals surface area contributed by atoms with Crippen molar-refractivity contribution < 1.29 is 19.5 Å². The lowest BCUT2D eigenvalue weighted by Crippen LogP contribution is -2.42. The van der Waals surface area contributed by atoms with Gasteiger partial charge < -0.3 is 15.3 Å². The molecule has 2 fully saturated rings. The number of carboxylic acids is 1. The van der Waals surface area contributed by atoms with Crippen LogP contribution < -0.4 is 5.32 Å². The summed E-state index contributed by atoms with van der Waals surface area (Å²) in [6.45, 7) is 0.844. The number of carboxylic acid groups (broad SMARTS) is 1. The highest BCUT2D eigenvalue weighted by atomic mass is 16.4. The molecule has 0 unspecified atom stereocenters. The fourth-order valence-corrected chi connectivity index (χ4v) is 2.83. The molecule has 0 aromatic heterocycles. The number of piperidine rings is 1. The monoisotopic (exact) mass is 316 g/mol. The molecule has 0 radical (unpaired) electrons. The van der Waals surface area contributed by atoms with Crippen molar-refractivity contribution in [2.45, 2.75) is 25.7 Å². The molecule has 6 nitrogen and oxygen atoms in total. The number of likely N-dealkylation sites (tertiary alicyclic amines) is 1. The molecule has 122 valence electrons. The van der Waals surface area contributed by atoms with Crippen LogP contribution in [0.4, 0.5) is 5.69 Å². The SMILES string of the molecule is O=C(Nc1ccc(C(=O)N2CCC[C@H](C(=O)O)C2)cc1)C1CC1. The third-order valence-electron chi connectivity index (χ3n) is 4.41. The Bertz CT molecular complexity index is 622. The number of nitrogens with zero attached hydrogens (tertiary/aromatic N) is 1. The van der Waals surface area contributed by atoms with Crippen molar-refractivity contribution in [3.05, 3.63) is 29.8 Å². The summed E-state index contributed by atoms with van der Waals surface area (Å²) in [7, 11) is 0. The molecule has 3 rings (SSSR count). The topological polar surface area (TPSA) is 86.7 Å². The molecular formula is C17H20N2O4. The molecule has 1 aliphatic heterocycles. The van der Waals surface area contributed by atoms with Gasteiger partial charge in [0.1, 0.15) is 0 Å². The van der Waals surface area contributed by atoms with Crippen LogP contribution in [0.3, 0.4) is 0 Å². The summed E-state index contributed by atoms with van der Waals surface area (Å²) >= 11 is 0. The van der Waals surface area contributed by atoms with Crippen LogP contribution in [0.5, 0.6) is 0 Å². The fraction of sp³-hybridized carbons (Fsp3) is 0.471. The van der Waals surface area contributed by atoms with Crippen LogP contribution in [-0.4, -0.2) is 40.9 Å². The first-order chi connectivity index (χ1) is 11.0. The van der Waals surface area contributed by atoms with E-state index in [1.54, 1.807) is 29.2 Å². The lowest BCUT2D eigenvalue weighted by Gasteiger charge is -2.30. The van der Waals surface area contributed by atoms with Gasteiger partial charge in [-0.3, -0.25) is 14.4 Å². The molecule has 2 N–H and O–H groups in total. The summed E-state index contributed by atoms with van der Waals surface area (Å²) in [4.78, 5) is 36.8. The highest BCUT2D eigenvalue weighted by Gasteiger charge is 2.30. The molecule has 1 aromatic rings. The molecule has 1 atom stereocenters. The van der Waals surface area contributed by atoms with Gasteiger partial charge in [-0.25, -0.2) is 0 Å². The van der Waals surface area contributed by atoms with Crippen molar-refractivity contribution in [2.24, 2.45) is 11.8 Å². The predicted octanol–water partition coefficient (Wildman–Crippen LogP) is 1.97. The Kier molecular flexibility index (Phi) is 4.32. The standard InChI is InChI=1S/C17H20N2O4/c20-15(11-3-4-11)18-14-7-5-12(6-8-14)16(21)19-9-1-2-13(10-19)17(22)23/h5-8,11,13H,1-4,9-10H2,(H,18,20)(H,22,23)/t13-/m0/s1. The van der Waals surface area contributed by atoms with E-state index in [0.717, 1.165) is 12.8 Å². The smallest absolute Gasteiger partial charge is 0.308 e. The van der Waals surface area contributed by atoms with Crippen LogP contribution in [0.2, 0.25) is 0 Å². The van der Waals surface area contributed by atoms with E-state index >= 15 is 0 Å². The summed E-state index contributed by atoms with van der Waals surface area (Å²) < 4.78 is 0. The van der Waals surface area contributed by atoms with Crippen molar-refractivity contribution >= 4 is 23.5 Å². The molecule has 2 amide bonds. The van der Waals surface area contributed by atoms with E-state index in [9.17, 15) is 14.4 Å². The van der Waals surface area contributed by atoms with Gasteiger partial charge in [0.2, 0.25) is 5.91 Å². The Morgan fingerprint density at radius 1 is 1.04 bits per heavy atom. The highest BCUT2D eigenvalue weighted by molar-refractivity contribution is 5.97. The van der Waals surface area contributed by atoms with E-state index in [-0.39, 0.29) is 24.3 Å². The van der Waals surface area contributed by atoms with E-state index in [4.69, 9.17) is 5.11 Å². The quantitative estimate of drug-likeness (QED) is 0.889. The Hall–Kier alpha value is -2.37. The molecule has 1 aromatic carbocycles. The van der Waals surface area contributed by atoms with Crippen LogP contribution in [-0.2, 0) is 9.59 Å². The van der Waals surface area contributed by atoms with Crippen molar-refractivity contribution in [1.82, 2.24) is 4.90 Å². The van der Waals surface area contributed by atoms with Gasteiger partial charge in [-0.15, -0.1) is 0 Å². The number of rotatable bonds is 4. The Labute approximate surface area is 134 Å². The molecule has 1 saturated carbocycles. The summed E-state index contributed by atoms with van der Waals surface area (Å²) in [5.41, 5.74) is 1.20. The normalized spacial score (nSPS) is 20.9. The number of amides is 2. The maximum atomic E-state index is 12.5. The van der Waals surface area contributed by atoms with Crippen LogP contribution in [0.15, 0.2) is 24.3 Å². The first kappa shape index (κ1) is 15.5. The second-order valence-electron chi connectivity index (χ2n) is 6.27. The van der Waals surface area contributed by atoms with Crippen molar-refractivity contribution in [3.8, 4) is 0 Å². The third kappa shape index (κ3) is 3.70. The maximum Gasteiger partial charge on any atom is 0.308 e. The predicted molar refractivity (Wildman–Crippen MR) is 84.1 cm³/mol. The molecular weight excluding hydrogens is 296 g/mol. The largest absolute Gasteiger partial charge is 0.481 e. The molecule has 2 aliphatic rings. The van der Waals surface area contributed by atoms with Crippen LogP contribution in [0.1, 0.15) is 36.0 Å². The average Bonchev–Trinajstić information content (AvgIpc) is 3.40. The van der Waals surface area contributed by atoms with Crippen LogP contribution in [0.25, 0.3) is 0 Å². The average molecular weight is 316 g/mol. The first-order valence-corrected chi connectivity index (χ1v) is 7.97. The van der Waals surface area contributed by atoms with Gasteiger partial charge in [0, 0.05) is 30.3 Å². The Morgan fingerprint density at radius 2 is 1.74 bits per heavy atom. The first-order valence-electron chi connectivity index (χ1n) is 7.97. The lowest BCUT2D eigenvalue weighted by molar-refractivity contribution is -0.143. The fourth-order valence-electron chi connectivity index (χ4n) is 2.83. The number of nitrogens with one attached hydrogen (secondary N) is 1. The van der Waals surface area contributed by atoms with Gasteiger partial charge in [-0.05, 0) is 49.9 Å². The summed E-state index contributed by atoms with van der Waals surface area (Å²) in [6.07, 6.45) is 3.22. The summed E-state index contributed by atoms with van der Waals surface area (Å²) in [6, 6.07) is 6.78. The molecule has 1 saturated heterocycles. The Balaban J connectivity index is 1.62. The van der Waals surface area contributed by atoms with E-state index in [2.05, 4.69) is 5.32 Å². The second-order valence-corrected chi connectivity index (χ2v) is 6.27. The van der Waals surface area contributed by atoms with E-state index in [1.165, 1.54) is 0 Å². The lowest BCUT2D eigenvalue weighted by atomic mass is 9.97. The summed E-state index contributed by atoms with van der Waals surface area (Å²) in [5, 5.41) is 11.9.